The standard InChI is InChI=1S/C16H16BrN7O2S/c17-13-1-3-14(4-2-13)27(25,26)23-7-5-22(6-8-23)15-9-16(20-11-19-15)24-12-18-10-21-24/h1-4,9-12H,5-8H2. The number of halogens is 1. The van der Waals surface area contributed by atoms with E-state index >= 15 is 0 Å². The maximum atomic E-state index is 12.8. The van der Waals surface area contributed by atoms with Crippen molar-refractivity contribution in [1.29, 1.82) is 0 Å². The molecule has 9 nitrogen and oxygen atoms in total. The molecule has 0 radical (unpaired) electrons. The van der Waals surface area contributed by atoms with E-state index in [2.05, 4.69) is 36.0 Å². The van der Waals surface area contributed by atoms with Crippen LogP contribution in [-0.4, -0.2) is 63.6 Å². The molecule has 0 bridgehead atoms. The van der Waals surface area contributed by atoms with E-state index in [-0.39, 0.29) is 0 Å². The molecule has 0 unspecified atom stereocenters. The Labute approximate surface area is 164 Å². The smallest absolute Gasteiger partial charge is 0.243 e. The van der Waals surface area contributed by atoms with Gasteiger partial charge in [0.2, 0.25) is 10.0 Å². The SMILES string of the molecule is O=S(=O)(c1ccc(Br)cc1)N1CCN(c2cc(-n3cncn3)ncn2)CC1. The summed E-state index contributed by atoms with van der Waals surface area (Å²) in [4.78, 5) is 14.7. The van der Waals surface area contributed by atoms with Crippen molar-refractivity contribution < 1.29 is 8.42 Å². The molecule has 0 atom stereocenters. The molecule has 1 aliphatic rings. The van der Waals surface area contributed by atoms with E-state index in [1.807, 2.05) is 11.0 Å². The molecule has 0 aliphatic carbocycles. The summed E-state index contributed by atoms with van der Waals surface area (Å²) in [5, 5.41) is 4.06. The highest BCUT2D eigenvalue weighted by Crippen LogP contribution is 2.22. The Hall–Kier alpha value is -2.37. The van der Waals surface area contributed by atoms with Gasteiger partial charge in [0, 0.05) is 36.7 Å². The van der Waals surface area contributed by atoms with E-state index in [9.17, 15) is 8.42 Å². The number of benzene rings is 1. The van der Waals surface area contributed by atoms with Gasteiger partial charge < -0.3 is 4.90 Å². The van der Waals surface area contributed by atoms with Crippen LogP contribution in [0.2, 0.25) is 0 Å². The molecule has 0 N–H and O–H groups in total. The lowest BCUT2D eigenvalue weighted by Crippen LogP contribution is -2.48. The molecular weight excluding hydrogens is 434 g/mol. The summed E-state index contributed by atoms with van der Waals surface area (Å²) in [5.74, 6) is 1.35. The van der Waals surface area contributed by atoms with Gasteiger partial charge in [-0.25, -0.2) is 28.1 Å². The number of aromatic nitrogens is 5. The molecule has 0 amide bonds. The first kappa shape index (κ1) is 18.0. The average molecular weight is 450 g/mol. The van der Waals surface area contributed by atoms with Gasteiger partial charge in [0.15, 0.2) is 5.82 Å². The Balaban J connectivity index is 1.48. The molecule has 11 heteroatoms. The third-order valence-corrected chi connectivity index (χ3v) is 6.75. The monoisotopic (exact) mass is 449 g/mol. The molecule has 4 rings (SSSR count). The summed E-state index contributed by atoms with van der Waals surface area (Å²) in [5.41, 5.74) is 0. The zero-order chi connectivity index (χ0) is 18.9. The Morgan fingerprint density at radius 3 is 2.30 bits per heavy atom. The van der Waals surface area contributed by atoms with E-state index in [4.69, 9.17) is 0 Å². The van der Waals surface area contributed by atoms with Crippen LogP contribution < -0.4 is 4.90 Å². The van der Waals surface area contributed by atoms with Crippen molar-refractivity contribution >= 4 is 31.8 Å². The van der Waals surface area contributed by atoms with E-state index in [0.717, 1.165) is 10.3 Å². The third-order valence-electron chi connectivity index (χ3n) is 4.31. The predicted molar refractivity (Wildman–Crippen MR) is 102 cm³/mol. The first-order valence-electron chi connectivity index (χ1n) is 8.22. The molecule has 0 saturated carbocycles. The third kappa shape index (κ3) is 3.70. The predicted octanol–water partition coefficient (Wildman–Crippen LogP) is 1.33. The van der Waals surface area contributed by atoms with Gasteiger partial charge >= 0.3 is 0 Å². The Morgan fingerprint density at radius 1 is 0.926 bits per heavy atom. The van der Waals surface area contributed by atoms with Gasteiger partial charge in [0.25, 0.3) is 0 Å². The van der Waals surface area contributed by atoms with Crippen molar-refractivity contribution in [2.75, 3.05) is 31.1 Å². The number of anilines is 1. The molecule has 3 heterocycles. The molecule has 1 fully saturated rings. The fourth-order valence-electron chi connectivity index (χ4n) is 2.88. The van der Waals surface area contributed by atoms with E-state index in [1.54, 1.807) is 35.3 Å². The minimum absolute atomic E-state index is 0.301. The maximum Gasteiger partial charge on any atom is 0.243 e. The second-order valence-electron chi connectivity index (χ2n) is 5.92. The summed E-state index contributed by atoms with van der Waals surface area (Å²) in [6, 6.07) is 8.50. The Morgan fingerprint density at radius 2 is 1.63 bits per heavy atom. The number of rotatable bonds is 4. The van der Waals surface area contributed by atoms with Crippen molar-refractivity contribution in [2.45, 2.75) is 4.90 Å². The molecule has 27 heavy (non-hydrogen) atoms. The lowest BCUT2D eigenvalue weighted by Gasteiger charge is -2.34. The van der Waals surface area contributed by atoms with Crippen molar-refractivity contribution in [3.05, 3.63) is 53.8 Å². The van der Waals surface area contributed by atoms with Gasteiger partial charge in [-0.15, -0.1) is 0 Å². The molecule has 140 valence electrons. The lowest BCUT2D eigenvalue weighted by molar-refractivity contribution is 0.383. The number of hydrogen-bond acceptors (Lipinski definition) is 7. The minimum Gasteiger partial charge on any atom is -0.354 e. The summed E-state index contributed by atoms with van der Waals surface area (Å²) < 4.78 is 29.5. The van der Waals surface area contributed by atoms with Crippen LogP contribution in [0, 0.1) is 0 Å². The average Bonchev–Trinajstić information content (AvgIpc) is 3.23. The van der Waals surface area contributed by atoms with Gasteiger partial charge in [-0.3, -0.25) is 0 Å². The van der Waals surface area contributed by atoms with E-state index < -0.39 is 10.0 Å². The highest BCUT2D eigenvalue weighted by molar-refractivity contribution is 9.10. The highest BCUT2D eigenvalue weighted by atomic mass is 79.9. The van der Waals surface area contributed by atoms with Gasteiger partial charge in [-0.1, -0.05) is 15.9 Å². The first-order valence-corrected chi connectivity index (χ1v) is 10.4. The quantitative estimate of drug-likeness (QED) is 0.592. The van der Waals surface area contributed by atoms with Crippen LogP contribution in [0.1, 0.15) is 0 Å². The number of hydrogen-bond donors (Lipinski definition) is 0. The van der Waals surface area contributed by atoms with Crippen LogP contribution in [0.25, 0.3) is 5.82 Å². The second-order valence-corrected chi connectivity index (χ2v) is 8.77. The number of piperazine rings is 1. The van der Waals surface area contributed by atoms with Crippen LogP contribution >= 0.6 is 15.9 Å². The molecule has 3 aromatic rings. The van der Waals surface area contributed by atoms with Gasteiger partial charge in [0.1, 0.15) is 24.8 Å². The maximum absolute atomic E-state index is 12.8. The molecule has 1 saturated heterocycles. The van der Waals surface area contributed by atoms with Gasteiger partial charge in [-0.2, -0.15) is 9.40 Å². The summed E-state index contributed by atoms with van der Waals surface area (Å²) in [7, 11) is -3.50. The number of sulfonamides is 1. The van der Waals surface area contributed by atoms with Crippen LogP contribution in [0.3, 0.4) is 0 Å². The summed E-state index contributed by atoms with van der Waals surface area (Å²) in [6.45, 7) is 1.87. The molecule has 2 aromatic heterocycles. The highest BCUT2D eigenvalue weighted by Gasteiger charge is 2.29. The first-order chi connectivity index (χ1) is 13.0. The van der Waals surface area contributed by atoms with Crippen LogP contribution in [0.5, 0.6) is 0 Å². The van der Waals surface area contributed by atoms with Crippen molar-refractivity contribution in [3.8, 4) is 5.82 Å². The van der Waals surface area contributed by atoms with E-state index in [1.165, 1.54) is 17.0 Å². The van der Waals surface area contributed by atoms with Crippen molar-refractivity contribution in [3.63, 3.8) is 0 Å². The van der Waals surface area contributed by atoms with Crippen molar-refractivity contribution in [1.82, 2.24) is 29.0 Å². The fourth-order valence-corrected chi connectivity index (χ4v) is 4.56. The normalized spacial score (nSPS) is 15.8. The van der Waals surface area contributed by atoms with E-state index in [0.29, 0.717) is 36.9 Å². The van der Waals surface area contributed by atoms with Crippen LogP contribution in [0.15, 0.2) is 58.7 Å². The van der Waals surface area contributed by atoms with Crippen LogP contribution in [-0.2, 0) is 10.0 Å². The topological polar surface area (TPSA) is 97.1 Å². The molecular formula is C16H16BrN7O2S. The Kier molecular flexibility index (Phi) is 4.89. The lowest BCUT2D eigenvalue weighted by atomic mass is 10.3. The molecule has 1 aliphatic heterocycles. The number of nitrogens with zero attached hydrogens (tertiary/aromatic N) is 7. The zero-order valence-corrected chi connectivity index (χ0v) is 16.6. The summed E-state index contributed by atoms with van der Waals surface area (Å²) in [6.07, 6.45) is 4.47. The summed E-state index contributed by atoms with van der Waals surface area (Å²) >= 11 is 3.32. The molecule has 1 aromatic carbocycles. The molecule has 0 spiro atoms. The second kappa shape index (κ2) is 7.33. The van der Waals surface area contributed by atoms with Gasteiger partial charge in [-0.05, 0) is 24.3 Å². The zero-order valence-electron chi connectivity index (χ0n) is 14.2. The largest absolute Gasteiger partial charge is 0.354 e. The Bertz CT molecular complexity index is 1020. The van der Waals surface area contributed by atoms with Crippen molar-refractivity contribution in [2.24, 2.45) is 0 Å². The minimum atomic E-state index is -3.50. The fraction of sp³-hybridized carbons (Fsp3) is 0.250. The van der Waals surface area contributed by atoms with Crippen LogP contribution in [0.4, 0.5) is 5.82 Å². The van der Waals surface area contributed by atoms with Gasteiger partial charge in [0.05, 0.1) is 4.90 Å².